The molecule has 1 atom stereocenters. The maximum atomic E-state index is 9.46. The van der Waals surface area contributed by atoms with Crippen LogP contribution >= 0.6 is 24.8 Å². The van der Waals surface area contributed by atoms with Gasteiger partial charge in [0, 0.05) is 45.3 Å². The Morgan fingerprint density at radius 1 is 0.933 bits per heavy atom. The molecule has 164 valence electrons. The summed E-state index contributed by atoms with van der Waals surface area (Å²) >= 11 is 0. The first-order chi connectivity index (χ1) is 12.8. The Balaban J connectivity index is -0.000000408. The van der Waals surface area contributed by atoms with E-state index in [0.717, 1.165) is 26.2 Å². The van der Waals surface area contributed by atoms with Crippen LogP contribution in [-0.4, -0.2) is 33.6 Å². The standard InChI is InChI=1S/C13H12O.C9H14N.C2H6Si.2ClH.Ti/c1-10-7-12(9-13(14)8-10)11-5-3-2-4-6-11;1-7-5-9(10(3)4)6-8(7)2;1-3-2;;;/h2-9,14H,1H3;5,8H,1-4H3;1-2H3;2*1H;/q;-1;;;;. The van der Waals surface area contributed by atoms with Crippen LogP contribution < -0.4 is 0 Å². The van der Waals surface area contributed by atoms with Crippen molar-refractivity contribution >= 4 is 34.3 Å². The summed E-state index contributed by atoms with van der Waals surface area (Å²) in [6, 6.07) is 15.6. The van der Waals surface area contributed by atoms with Crippen LogP contribution in [0.5, 0.6) is 5.75 Å². The SMILES string of the molecule is CC1=CC(N(C)C)=[C-]C1C.C[Si]C.Cc1cc(O)cc(-c2ccccc2)c1.Cl.Cl.[Ti]. The van der Waals surface area contributed by atoms with Gasteiger partial charge in [-0.05, 0) is 35.7 Å². The summed E-state index contributed by atoms with van der Waals surface area (Å²) in [5, 5.41) is 9.46. The monoisotopic (exact) mass is 498 g/mol. The molecule has 3 rings (SSSR count). The number of hydrogen-bond donors (Lipinski definition) is 1. The van der Waals surface area contributed by atoms with E-state index in [-0.39, 0.29) is 46.5 Å². The first kappa shape index (κ1) is 33.7. The zero-order valence-electron chi connectivity index (χ0n) is 19.0. The van der Waals surface area contributed by atoms with Crippen LogP contribution in [0, 0.1) is 18.9 Å². The molecule has 0 amide bonds. The molecule has 0 fully saturated rings. The third-order valence-electron chi connectivity index (χ3n) is 4.06. The molecule has 1 aliphatic rings. The van der Waals surface area contributed by atoms with E-state index in [1.165, 1.54) is 11.3 Å². The third-order valence-corrected chi connectivity index (χ3v) is 4.06. The van der Waals surface area contributed by atoms with Gasteiger partial charge < -0.3 is 10.0 Å². The summed E-state index contributed by atoms with van der Waals surface area (Å²) in [5.41, 5.74) is 5.88. The molecule has 2 nitrogen and oxygen atoms in total. The average Bonchev–Trinajstić information content (AvgIpc) is 2.96. The van der Waals surface area contributed by atoms with E-state index in [2.05, 4.69) is 50.1 Å². The first-order valence-corrected chi connectivity index (χ1v) is 11.2. The van der Waals surface area contributed by atoms with E-state index in [1.54, 1.807) is 12.1 Å². The fourth-order valence-corrected chi connectivity index (χ4v) is 2.54. The Morgan fingerprint density at radius 2 is 1.47 bits per heavy atom. The van der Waals surface area contributed by atoms with Gasteiger partial charge in [0.15, 0.2) is 0 Å². The van der Waals surface area contributed by atoms with Crippen molar-refractivity contribution in [1.29, 1.82) is 0 Å². The number of benzene rings is 2. The first-order valence-electron chi connectivity index (χ1n) is 9.22. The molecular formula is C24H34Cl2NOSiTi-. The molecule has 0 bridgehead atoms. The van der Waals surface area contributed by atoms with Gasteiger partial charge in [0.2, 0.25) is 0 Å². The number of phenolic OH excluding ortho intramolecular Hbond substituents is 1. The summed E-state index contributed by atoms with van der Waals surface area (Å²) in [6.07, 6.45) is 5.54. The maximum absolute atomic E-state index is 9.46. The smallest absolute Gasteiger partial charge is 0.116 e. The van der Waals surface area contributed by atoms with E-state index >= 15 is 0 Å². The molecule has 0 spiro atoms. The van der Waals surface area contributed by atoms with Crippen LogP contribution in [0.25, 0.3) is 11.1 Å². The fraction of sp³-hybridized carbons (Fsp3) is 0.333. The molecule has 0 aromatic heterocycles. The number of hydrogen-bond acceptors (Lipinski definition) is 2. The minimum Gasteiger partial charge on any atom is -0.508 e. The molecule has 0 saturated heterocycles. The van der Waals surface area contributed by atoms with Crippen molar-refractivity contribution in [3.05, 3.63) is 77.5 Å². The summed E-state index contributed by atoms with van der Waals surface area (Å²) in [7, 11) is 5.17. The summed E-state index contributed by atoms with van der Waals surface area (Å²) in [6.45, 7) is 10.6. The molecule has 1 aliphatic carbocycles. The number of phenols is 1. The maximum Gasteiger partial charge on any atom is 0.116 e. The van der Waals surface area contributed by atoms with Gasteiger partial charge >= 0.3 is 0 Å². The number of allylic oxidation sites excluding steroid dienone is 3. The molecule has 6 heteroatoms. The van der Waals surface area contributed by atoms with E-state index in [9.17, 15) is 5.11 Å². The summed E-state index contributed by atoms with van der Waals surface area (Å²) in [4.78, 5) is 2.09. The van der Waals surface area contributed by atoms with Crippen molar-refractivity contribution < 1.29 is 26.8 Å². The van der Waals surface area contributed by atoms with E-state index < -0.39 is 0 Å². The minimum atomic E-state index is 0. The Labute approximate surface area is 213 Å². The van der Waals surface area contributed by atoms with Crippen molar-refractivity contribution in [3.63, 3.8) is 0 Å². The third kappa shape index (κ3) is 12.0. The predicted molar refractivity (Wildman–Crippen MR) is 134 cm³/mol. The molecular weight excluding hydrogens is 465 g/mol. The number of nitrogens with zero attached hydrogens (tertiary/aromatic N) is 1. The number of likely N-dealkylation sites (N-methyl/N-ethyl adjacent to an activating group) is 1. The largest absolute Gasteiger partial charge is 0.508 e. The van der Waals surface area contributed by atoms with Gasteiger partial charge in [0.1, 0.15) is 5.75 Å². The minimum absolute atomic E-state index is 0. The Bertz CT molecular complexity index is 760. The molecule has 2 aromatic rings. The van der Waals surface area contributed by atoms with Crippen molar-refractivity contribution in [2.45, 2.75) is 33.9 Å². The van der Waals surface area contributed by atoms with Gasteiger partial charge in [-0.25, -0.2) is 6.08 Å². The number of halogens is 2. The molecule has 2 aromatic carbocycles. The summed E-state index contributed by atoms with van der Waals surface area (Å²) < 4.78 is 0. The molecule has 0 aliphatic heterocycles. The van der Waals surface area contributed by atoms with E-state index in [0.29, 0.717) is 11.7 Å². The zero-order chi connectivity index (χ0) is 20.4. The molecule has 0 saturated carbocycles. The zero-order valence-corrected chi connectivity index (χ0v) is 23.2. The quantitative estimate of drug-likeness (QED) is 0.362. The van der Waals surface area contributed by atoms with Crippen LogP contribution in [0.1, 0.15) is 19.4 Å². The van der Waals surface area contributed by atoms with Crippen LogP contribution in [0.15, 0.2) is 65.9 Å². The Morgan fingerprint density at radius 3 is 1.83 bits per heavy atom. The Hall–Kier alpha value is -0.969. The van der Waals surface area contributed by atoms with Gasteiger partial charge in [-0.15, -0.1) is 30.5 Å². The van der Waals surface area contributed by atoms with Gasteiger partial charge in [0.05, 0.1) is 0 Å². The number of aromatic hydroxyl groups is 1. The van der Waals surface area contributed by atoms with E-state index in [4.69, 9.17) is 0 Å². The normalized spacial score (nSPS) is 13.4. The van der Waals surface area contributed by atoms with Crippen LogP contribution in [0.2, 0.25) is 13.1 Å². The molecule has 2 radical (unpaired) electrons. The topological polar surface area (TPSA) is 23.5 Å². The van der Waals surface area contributed by atoms with Gasteiger partial charge in [-0.1, -0.05) is 69.3 Å². The van der Waals surface area contributed by atoms with Crippen LogP contribution in [-0.2, 0) is 21.7 Å². The predicted octanol–water partition coefficient (Wildman–Crippen LogP) is 6.83. The molecule has 1 unspecified atom stereocenters. The molecule has 30 heavy (non-hydrogen) atoms. The van der Waals surface area contributed by atoms with Crippen molar-refractivity contribution in [2.24, 2.45) is 5.92 Å². The second-order valence-electron chi connectivity index (χ2n) is 6.96. The number of aryl methyl sites for hydroxylation is 1. The fourth-order valence-electron chi connectivity index (χ4n) is 2.54. The van der Waals surface area contributed by atoms with Crippen molar-refractivity contribution in [2.75, 3.05) is 14.1 Å². The second-order valence-corrected chi connectivity index (χ2v) is 7.96. The van der Waals surface area contributed by atoms with Gasteiger partial charge in [-0.3, -0.25) is 0 Å². The van der Waals surface area contributed by atoms with Gasteiger partial charge in [-0.2, -0.15) is 11.6 Å². The molecule has 0 heterocycles. The Kier molecular flexibility index (Phi) is 19.8. The number of rotatable bonds is 2. The second kappa shape index (κ2) is 17.7. The van der Waals surface area contributed by atoms with E-state index in [1.807, 2.05) is 51.4 Å². The van der Waals surface area contributed by atoms with Crippen LogP contribution in [0.3, 0.4) is 0 Å². The van der Waals surface area contributed by atoms with Crippen molar-refractivity contribution in [3.8, 4) is 16.9 Å². The van der Waals surface area contributed by atoms with Crippen molar-refractivity contribution in [1.82, 2.24) is 4.90 Å². The molecule has 1 N–H and O–H groups in total. The summed E-state index contributed by atoms with van der Waals surface area (Å²) in [5.74, 6) is 0.834. The average molecular weight is 499 g/mol. The van der Waals surface area contributed by atoms with Gasteiger partial charge in [0.25, 0.3) is 0 Å². The van der Waals surface area contributed by atoms with Crippen LogP contribution in [0.4, 0.5) is 0 Å².